The topological polar surface area (TPSA) is 46.4 Å². The van der Waals surface area contributed by atoms with Crippen LogP contribution in [0.3, 0.4) is 0 Å². The molecule has 1 amide bonds. The Hall–Kier alpha value is -2.62. The zero-order valence-electron chi connectivity index (χ0n) is 14.0. The second-order valence-electron chi connectivity index (χ2n) is 6.15. The lowest BCUT2D eigenvalue weighted by atomic mass is 10.0. The molecule has 0 bridgehead atoms. The van der Waals surface area contributed by atoms with Gasteiger partial charge in [0, 0.05) is 18.1 Å². The molecule has 4 heteroatoms. The van der Waals surface area contributed by atoms with Crippen molar-refractivity contribution in [3.8, 4) is 0 Å². The minimum absolute atomic E-state index is 0.0406. The molecule has 23 heavy (non-hydrogen) atoms. The predicted octanol–water partition coefficient (Wildman–Crippen LogP) is 3.75. The Balaban J connectivity index is 1.80. The summed E-state index contributed by atoms with van der Waals surface area (Å²) in [4.78, 5) is 16.9. The molecule has 3 aromatic rings. The summed E-state index contributed by atoms with van der Waals surface area (Å²) in [6.07, 6.45) is 4.13. The second kappa shape index (κ2) is 5.88. The summed E-state index contributed by atoms with van der Waals surface area (Å²) < 4.78 is 1.96. The standard InChI is InChI=1S/C19H21N3O/c1-12-8-14(3)18(15(4)9-12)21-17(23)10-16-11-22-7-5-6-13(2)19(22)20-16/h5-9,11H,10H2,1-4H3,(H,21,23). The first-order valence-corrected chi connectivity index (χ1v) is 7.75. The van der Waals surface area contributed by atoms with E-state index < -0.39 is 0 Å². The lowest BCUT2D eigenvalue weighted by molar-refractivity contribution is -0.115. The van der Waals surface area contributed by atoms with Crippen LogP contribution in [0.15, 0.2) is 36.7 Å². The monoisotopic (exact) mass is 307 g/mol. The molecule has 3 rings (SSSR count). The van der Waals surface area contributed by atoms with Crippen LogP contribution in [-0.4, -0.2) is 15.3 Å². The van der Waals surface area contributed by atoms with Crippen molar-refractivity contribution in [2.24, 2.45) is 0 Å². The molecule has 1 aromatic carbocycles. The molecule has 0 spiro atoms. The Morgan fingerprint density at radius 3 is 2.48 bits per heavy atom. The average Bonchev–Trinajstić information content (AvgIpc) is 2.86. The van der Waals surface area contributed by atoms with Crippen molar-refractivity contribution in [2.75, 3.05) is 5.32 Å². The molecule has 0 saturated heterocycles. The van der Waals surface area contributed by atoms with Crippen LogP contribution in [0.4, 0.5) is 5.69 Å². The number of imidazole rings is 1. The number of nitrogens with zero attached hydrogens (tertiary/aromatic N) is 2. The van der Waals surface area contributed by atoms with Gasteiger partial charge in [0.25, 0.3) is 0 Å². The summed E-state index contributed by atoms with van der Waals surface area (Å²) in [7, 11) is 0. The fraction of sp³-hybridized carbons (Fsp3) is 0.263. The number of nitrogens with one attached hydrogen (secondary N) is 1. The van der Waals surface area contributed by atoms with Crippen LogP contribution in [0.2, 0.25) is 0 Å². The highest BCUT2D eigenvalue weighted by Crippen LogP contribution is 2.22. The van der Waals surface area contributed by atoms with Crippen molar-refractivity contribution in [2.45, 2.75) is 34.1 Å². The summed E-state index contributed by atoms with van der Waals surface area (Å²) in [6.45, 7) is 8.11. The number of pyridine rings is 1. The molecule has 0 atom stereocenters. The van der Waals surface area contributed by atoms with Gasteiger partial charge in [-0.25, -0.2) is 4.98 Å². The molecule has 2 heterocycles. The molecule has 2 aromatic heterocycles. The zero-order valence-corrected chi connectivity index (χ0v) is 14.0. The van der Waals surface area contributed by atoms with E-state index in [1.807, 2.05) is 49.7 Å². The summed E-state index contributed by atoms with van der Waals surface area (Å²) in [6, 6.07) is 8.16. The number of amides is 1. The quantitative estimate of drug-likeness (QED) is 0.801. The van der Waals surface area contributed by atoms with Crippen molar-refractivity contribution < 1.29 is 4.79 Å². The zero-order chi connectivity index (χ0) is 16.6. The largest absolute Gasteiger partial charge is 0.325 e. The van der Waals surface area contributed by atoms with E-state index in [0.717, 1.165) is 33.7 Å². The molecule has 0 unspecified atom stereocenters. The second-order valence-corrected chi connectivity index (χ2v) is 6.15. The summed E-state index contributed by atoms with van der Waals surface area (Å²) in [5.74, 6) is -0.0406. The van der Waals surface area contributed by atoms with Crippen LogP contribution in [0.1, 0.15) is 27.9 Å². The SMILES string of the molecule is Cc1cc(C)c(NC(=O)Cc2cn3cccc(C)c3n2)c(C)c1. The van der Waals surface area contributed by atoms with Gasteiger partial charge in [-0.05, 0) is 50.5 Å². The van der Waals surface area contributed by atoms with Crippen LogP contribution in [0.25, 0.3) is 5.65 Å². The number of aromatic nitrogens is 2. The summed E-state index contributed by atoms with van der Waals surface area (Å²) in [5, 5.41) is 3.02. The number of carbonyl (C=O) groups is 1. The molecule has 118 valence electrons. The minimum atomic E-state index is -0.0406. The van der Waals surface area contributed by atoms with Crippen LogP contribution in [0.5, 0.6) is 0 Å². The maximum Gasteiger partial charge on any atom is 0.230 e. The first kappa shape index (κ1) is 15.3. The van der Waals surface area contributed by atoms with Crippen molar-refractivity contribution in [3.05, 3.63) is 64.6 Å². The molecule has 0 radical (unpaired) electrons. The Bertz CT molecular complexity index is 870. The molecule has 0 aliphatic carbocycles. The van der Waals surface area contributed by atoms with E-state index in [4.69, 9.17) is 0 Å². The maximum atomic E-state index is 12.4. The number of benzene rings is 1. The average molecular weight is 307 g/mol. The Morgan fingerprint density at radius 1 is 1.13 bits per heavy atom. The van der Waals surface area contributed by atoms with Crippen molar-refractivity contribution in [1.29, 1.82) is 0 Å². The number of aryl methyl sites for hydroxylation is 4. The van der Waals surface area contributed by atoms with E-state index in [-0.39, 0.29) is 12.3 Å². The third-order valence-electron chi connectivity index (χ3n) is 4.01. The molecular weight excluding hydrogens is 286 g/mol. The first-order chi connectivity index (χ1) is 10.9. The molecule has 0 fully saturated rings. The van der Waals surface area contributed by atoms with E-state index in [1.54, 1.807) is 0 Å². The lowest BCUT2D eigenvalue weighted by Gasteiger charge is -2.12. The van der Waals surface area contributed by atoms with Gasteiger partial charge in [0.2, 0.25) is 5.91 Å². The fourth-order valence-corrected chi connectivity index (χ4v) is 3.01. The van der Waals surface area contributed by atoms with Gasteiger partial charge in [0.05, 0.1) is 12.1 Å². The van der Waals surface area contributed by atoms with Gasteiger partial charge in [0.1, 0.15) is 5.65 Å². The van der Waals surface area contributed by atoms with Gasteiger partial charge in [-0.3, -0.25) is 4.79 Å². The van der Waals surface area contributed by atoms with Crippen LogP contribution < -0.4 is 5.32 Å². The van der Waals surface area contributed by atoms with Gasteiger partial charge in [-0.1, -0.05) is 23.8 Å². The highest BCUT2D eigenvalue weighted by Gasteiger charge is 2.11. The van der Waals surface area contributed by atoms with Crippen LogP contribution >= 0.6 is 0 Å². The summed E-state index contributed by atoms with van der Waals surface area (Å²) in [5.41, 5.74) is 7.05. The highest BCUT2D eigenvalue weighted by atomic mass is 16.1. The molecule has 0 aliphatic heterocycles. The van der Waals surface area contributed by atoms with Crippen molar-refractivity contribution in [1.82, 2.24) is 9.38 Å². The third-order valence-corrected chi connectivity index (χ3v) is 4.01. The Morgan fingerprint density at radius 2 is 1.83 bits per heavy atom. The predicted molar refractivity (Wildman–Crippen MR) is 92.9 cm³/mol. The number of carbonyl (C=O) groups excluding carboxylic acids is 1. The third kappa shape index (κ3) is 3.11. The van der Waals surface area contributed by atoms with E-state index in [9.17, 15) is 4.79 Å². The van der Waals surface area contributed by atoms with E-state index in [0.29, 0.717) is 0 Å². The van der Waals surface area contributed by atoms with Gasteiger partial charge >= 0.3 is 0 Å². The fourth-order valence-electron chi connectivity index (χ4n) is 3.01. The van der Waals surface area contributed by atoms with E-state index >= 15 is 0 Å². The lowest BCUT2D eigenvalue weighted by Crippen LogP contribution is -2.16. The van der Waals surface area contributed by atoms with E-state index in [2.05, 4.69) is 29.4 Å². The smallest absolute Gasteiger partial charge is 0.230 e. The number of hydrogen-bond acceptors (Lipinski definition) is 2. The molecule has 0 aliphatic rings. The van der Waals surface area contributed by atoms with Gasteiger partial charge < -0.3 is 9.72 Å². The van der Waals surface area contributed by atoms with Crippen LogP contribution in [0, 0.1) is 27.7 Å². The number of hydrogen-bond donors (Lipinski definition) is 1. The van der Waals surface area contributed by atoms with Gasteiger partial charge in [0.15, 0.2) is 0 Å². The van der Waals surface area contributed by atoms with Gasteiger partial charge in [-0.2, -0.15) is 0 Å². The maximum absolute atomic E-state index is 12.4. The molecule has 4 nitrogen and oxygen atoms in total. The van der Waals surface area contributed by atoms with Crippen molar-refractivity contribution in [3.63, 3.8) is 0 Å². The van der Waals surface area contributed by atoms with E-state index in [1.165, 1.54) is 5.56 Å². The van der Waals surface area contributed by atoms with Gasteiger partial charge in [-0.15, -0.1) is 0 Å². The Labute approximate surface area is 136 Å². The highest BCUT2D eigenvalue weighted by molar-refractivity contribution is 5.93. The number of anilines is 1. The molecule has 1 N–H and O–H groups in total. The van der Waals surface area contributed by atoms with Crippen molar-refractivity contribution >= 4 is 17.2 Å². The summed E-state index contributed by atoms with van der Waals surface area (Å²) >= 11 is 0. The number of rotatable bonds is 3. The number of fused-ring (bicyclic) bond motifs is 1. The Kier molecular flexibility index (Phi) is 3.90. The molecular formula is C19H21N3O. The first-order valence-electron chi connectivity index (χ1n) is 7.75. The molecule has 0 saturated carbocycles. The minimum Gasteiger partial charge on any atom is -0.325 e. The van der Waals surface area contributed by atoms with Crippen LogP contribution in [-0.2, 0) is 11.2 Å². The normalized spacial score (nSPS) is 11.0.